The van der Waals surface area contributed by atoms with Gasteiger partial charge in [0, 0.05) is 4.88 Å². The maximum atomic E-state index is 12.4. The molecule has 27 heavy (non-hydrogen) atoms. The Kier molecular flexibility index (Phi) is 6.16. The van der Waals surface area contributed by atoms with E-state index < -0.39 is 0 Å². The zero-order chi connectivity index (χ0) is 19.4. The summed E-state index contributed by atoms with van der Waals surface area (Å²) >= 11 is 1.48. The molecule has 1 N–H and O–H groups in total. The molecule has 0 unspecified atom stereocenters. The Bertz CT molecular complexity index is 856. The van der Waals surface area contributed by atoms with Crippen LogP contribution in [0.5, 0.6) is 5.75 Å². The molecule has 0 aliphatic heterocycles. The van der Waals surface area contributed by atoms with E-state index in [0.29, 0.717) is 22.9 Å². The Labute approximate surface area is 163 Å². The Hall–Kier alpha value is -2.34. The lowest BCUT2D eigenvalue weighted by Crippen LogP contribution is -2.21. The second kappa shape index (κ2) is 8.57. The van der Waals surface area contributed by atoms with Gasteiger partial charge in [-0.2, -0.15) is 0 Å². The van der Waals surface area contributed by atoms with Gasteiger partial charge in [-0.25, -0.2) is 4.79 Å². The van der Waals surface area contributed by atoms with Crippen LogP contribution in [-0.2, 0) is 22.4 Å². The summed E-state index contributed by atoms with van der Waals surface area (Å²) in [5.41, 5.74) is 3.62. The predicted molar refractivity (Wildman–Crippen MR) is 107 cm³/mol. The van der Waals surface area contributed by atoms with E-state index in [-0.39, 0.29) is 18.5 Å². The molecule has 0 saturated heterocycles. The van der Waals surface area contributed by atoms with Crippen molar-refractivity contribution in [3.8, 4) is 5.75 Å². The molecule has 0 saturated carbocycles. The molecule has 6 heteroatoms. The average molecular weight is 388 g/mol. The van der Waals surface area contributed by atoms with Gasteiger partial charge >= 0.3 is 5.97 Å². The molecular formula is C21H25NO4S. The predicted octanol–water partition coefficient (Wildman–Crippen LogP) is 4.44. The van der Waals surface area contributed by atoms with Gasteiger partial charge in [0.15, 0.2) is 6.61 Å². The molecule has 1 aliphatic carbocycles. The first kappa shape index (κ1) is 19.4. The van der Waals surface area contributed by atoms with Crippen LogP contribution in [0.25, 0.3) is 0 Å². The number of nitrogens with one attached hydrogen (secondary N) is 1. The fourth-order valence-corrected chi connectivity index (χ4v) is 4.54. The van der Waals surface area contributed by atoms with Crippen molar-refractivity contribution < 1.29 is 19.1 Å². The fourth-order valence-electron chi connectivity index (χ4n) is 3.24. The van der Waals surface area contributed by atoms with Crippen LogP contribution in [0.15, 0.2) is 18.2 Å². The van der Waals surface area contributed by atoms with Crippen LogP contribution >= 0.6 is 11.3 Å². The van der Waals surface area contributed by atoms with Crippen molar-refractivity contribution in [1.29, 1.82) is 0 Å². The minimum Gasteiger partial charge on any atom is -0.483 e. The van der Waals surface area contributed by atoms with Crippen molar-refractivity contribution >= 4 is 28.2 Å². The number of hydrogen-bond donors (Lipinski definition) is 1. The van der Waals surface area contributed by atoms with Crippen LogP contribution < -0.4 is 10.1 Å². The van der Waals surface area contributed by atoms with E-state index in [9.17, 15) is 9.59 Å². The number of rotatable bonds is 6. The van der Waals surface area contributed by atoms with E-state index in [2.05, 4.69) is 5.32 Å². The first-order chi connectivity index (χ1) is 13.0. The number of carbonyl (C=O) groups is 2. The van der Waals surface area contributed by atoms with Gasteiger partial charge in [-0.1, -0.05) is 12.1 Å². The molecular weight excluding hydrogens is 362 g/mol. The van der Waals surface area contributed by atoms with E-state index >= 15 is 0 Å². The minimum atomic E-state index is -0.359. The second-order valence-corrected chi connectivity index (χ2v) is 7.85. The molecule has 3 rings (SSSR count). The van der Waals surface area contributed by atoms with Gasteiger partial charge in [-0.05, 0) is 69.2 Å². The third-order valence-corrected chi connectivity index (χ3v) is 5.81. The Morgan fingerprint density at radius 3 is 2.74 bits per heavy atom. The highest BCUT2D eigenvalue weighted by Gasteiger charge is 2.27. The highest BCUT2D eigenvalue weighted by molar-refractivity contribution is 7.17. The number of thiophene rings is 1. The molecule has 2 aromatic rings. The summed E-state index contributed by atoms with van der Waals surface area (Å²) in [4.78, 5) is 26.1. The summed E-state index contributed by atoms with van der Waals surface area (Å²) < 4.78 is 10.9. The molecule has 5 nitrogen and oxygen atoms in total. The van der Waals surface area contributed by atoms with E-state index in [1.54, 1.807) is 6.92 Å². The Morgan fingerprint density at radius 1 is 1.19 bits per heavy atom. The lowest BCUT2D eigenvalue weighted by molar-refractivity contribution is -0.118. The summed E-state index contributed by atoms with van der Waals surface area (Å²) in [5, 5.41) is 3.44. The van der Waals surface area contributed by atoms with Gasteiger partial charge in [-0.15, -0.1) is 11.3 Å². The molecule has 0 spiro atoms. The topological polar surface area (TPSA) is 64.6 Å². The molecule has 1 aromatic heterocycles. The first-order valence-electron chi connectivity index (χ1n) is 9.31. The molecule has 1 heterocycles. The van der Waals surface area contributed by atoms with Gasteiger partial charge in [0.1, 0.15) is 10.8 Å². The fraction of sp³-hybridized carbons (Fsp3) is 0.429. The summed E-state index contributed by atoms with van der Waals surface area (Å²) in [5.74, 6) is 0.0592. The Balaban J connectivity index is 1.74. The first-order valence-corrected chi connectivity index (χ1v) is 10.1. The number of fused-ring (bicyclic) bond motifs is 1. The highest BCUT2D eigenvalue weighted by Crippen LogP contribution is 2.38. The summed E-state index contributed by atoms with van der Waals surface area (Å²) in [6.07, 6.45) is 3.97. The average Bonchev–Trinajstić information content (AvgIpc) is 3.00. The normalized spacial score (nSPS) is 13.0. The number of benzene rings is 1. The van der Waals surface area contributed by atoms with Crippen LogP contribution in [0.2, 0.25) is 0 Å². The summed E-state index contributed by atoms with van der Waals surface area (Å²) in [6, 6.07) is 5.88. The third kappa shape index (κ3) is 4.50. The van der Waals surface area contributed by atoms with Crippen LogP contribution in [0.3, 0.4) is 0 Å². The van der Waals surface area contributed by atoms with Gasteiger partial charge < -0.3 is 14.8 Å². The number of amides is 1. The summed E-state index contributed by atoms with van der Waals surface area (Å²) in [6.45, 7) is 5.92. The number of hydrogen-bond acceptors (Lipinski definition) is 5. The van der Waals surface area contributed by atoms with Crippen molar-refractivity contribution in [3.63, 3.8) is 0 Å². The molecule has 144 valence electrons. The van der Waals surface area contributed by atoms with Gasteiger partial charge in [-0.3, -0.25) is 4.79 Å². The van der Waals surface area contributed by atoms with Crippen molar-refractivity contribution in [2.45, 2.75) is 46.5 Å². The number of aryl methyl sites for hydroxylation is 3. The third-order valence-electron chi connectivity index (χ3n) is 4.61. The van der Waals surface area contributed by atoms with E-state index in [0.717, 1.165) is 42.4 Å². The van der Waals surface area contributed by atoms with Crippen molar-refractivity contribution in [2.24, 2.45) is 0 Å². The van der Waals surface area contributed by atoms with Gasteiger partial charge in [0.25, 0.3) is 5.91 Å². The standard InChI is InChI=1S/C21H25NO4S/c1-4-25-21(24)19-15-7-5-6-8-17(15)27-20(19)22-18(23)12-26-16-11-13(2)9-10-14(16)3/h9-11H,4-8,12H2,1-3H3,(H,22,23). The molecule has 0 radical (unpaired) electrons. The largest absolute Gasteiger partial charge is 0.483 e. The van der Waals surface area contributed by atoms with Crippen LogP contribution in [-0.4, -0.2) is 25.1 Å². The van der Waals surface area contributed by atoms with Crippen molar-refractivity contribution in [3.05, 3.63) is 45.3 Å². The molecule has 1 amide bonds. The maximum Gasteiger partial charge on any atom is 0.341 e. The molecule has 1 aliphatic rings. The van der Waals surface area contributed by atoms with E-state index in [1.165, 1.54) is 16.2 Å². The number of carbonyl (C=O) groups excluding carboxylic acids is 2. The van der Waals surface area contributed by atoms with E-state index in [1.807, 2.05) is 32.0 Å². The molecule has 0 bridgehead atoms. The van der Waals surface area contributed by atoms with Crippen molar-refractivity contribution in [1.82, 2.24) is 0 Å². The summed E-state index contributed by atoms with van der Waals surface area (Å²) in [7, 11) is 0. The second-order valence-electron chi connectivity index (χ2n) is 6.74. The number of esters is 1. The zero-order valence-corrected chi connectivity index (χ0v) is 16.8. The SMILES string of the molecule is CCOC(=O)c1c(NC(=O)COc2cc(C)ccc2C)sc2c1CCCC2. The quantitative estimate of drug-likeness (QED) is 0.745. The van der Waals surface area contributed by atoms with Crippen LogP contribution in [0.4, 0.5) is 5.00 Å². The van der Waals surface area contributed by atoms with Crippen molar-refractivity contribution in [2.75, 3.05) is 18.5 Å². The van der Waals surface area contributed by atoms with E-state index in [4.69, 9.17) is 9.47 Å². The highest BCUT2D eigenvalue weighted by atomic mass is 32.1. The molecule has 0 fully saturated rings. The minimum absolute atomic E-state index is 0.102. The molecule has 0 atom stereocenters. The molecule has 1 aromatic carbocycles. The number of ether oxygens (including phenoxy) is 2. The smallest absolute Gasteiger partial charge is 0.341 e. The lowest BCUT2D eigenvalue weighted by atomic mass is 9.95. The number of anilines is 1. The maximum absolute atomic E-state index is 12.4. The Morgan fingerprint density at radius 2 is 1.96 bits per heavy atom. The monoisotopic (exact) mass is 387 g/mol. The van der Waals surface area contributed by atoms with Crippen LogP contribution in [0.1, 0.15) is 51.7 Å². The van der Waals surface area contributed by atoms with Gasteiger partial charge in [0.2, 0.25) is 0 Å². The zero-order valence-electron chi connectivity index (χ0n) is 16.0. The van der Waals surface area contributed by atoms with Gasteiger partial charge in [0.05, 0.1) is 12.2 Å². The van der Waals surface area contributed by atoms with Crippen LogP contribution in [0, 0.1) is 13.8 Å². The lowest BCUT2D eigenvalue weighted by Gasteiger charge is -2.12.